The maximum atomic E-state index is 14.4. The summed E-state index contributed by atoms with van der Waals surface area (Å²) in [6, 6.07) is 23.1. The van der Waals surface area contributed by atoms with Crippen molar-refractivity contribution in [2.45, 2.75) is 5.25 Å². The van der Waals surface area contributed by atoms with E-state index in [1.54, 1.807) is 30.0 Å². The van der Waals surface area contributed by atoms with E-state index in [-0.39, 0.29) is 29.9 Å². The van der Waals surface area contributed by atoms with E-state index in [2.05, 4.69) is 5.32 Å². The minimum Gasteiger partial charge on any atom is -0.383 e. The number of rotatable bonds is 8. The summed E-state index contributed by atoms with van der Waals surface area (Å²) in [5.41, 5.74) is 3.39. The lowest BCUT2D eigenvalue weighted by molar-refractivity contribution is -0.123. The first-order valence-corrected chi connectivity index (χ1v) is 13.8. The van der Waals surface area contributed by atoms with Gasteiger partial charge in [0.05, 0.1) is 34.0 Å². The number of thioether (sulfide) groups is 1. The van der Waals surface area contributed by atoms with Crippen LogP contribution in [0.1, 0.15) is 16.4 Å². The highest BCUT2D eigenvalue weighted by Crippen LogP contribution is 2.48. The number of carbonyl (C=O) groups is 2. The number of aromatic nitrogens is 2. The van der Waals surface area contributed by atoms with Gasteiger partial charge in [0, 0.05) is 24.8 Å². The molecule has 1 aliphatic rings. The maximum absolute atomic E-state index is 14.4. The number of anilines is 1. The summed E-state index contributed by atoms with van der Waals surface area (Å²) >= 11 is 8.01. The Kier molecular flexibility index (Phi) is 8.30. The number of hydrogen-bond acceptors (Lipinski definition) is 5. The highest BCUT2D eigenvalue weighted by Gasteiger charge is 2.38. The number of halogens is 2. The molecule has 200 valence electrons. The van der Waals surface area contributed by atoms with E-state index in [0.29, 0.717) is 46.5 Å². The second-order valence-corrected chi connectivity index (χ2v) is 10.4. The third-order valence-corrected chi connectivity index (χ3v) is 7.87. The Hall–Kier alpha value is -3.66. The smallest absolute Gasteiger partial charge is 0.240 e. The number of amides is 2. The van der Waals surface area contributed by atoms with Gasteiger partial charge in [-0.15, -0.1) is 11.8 Å². The van der Waals surface area contributed by atoms with Crippen LogP contribution in [0.2, 0.25) is 5.02 Å². The molecule has 1 N–H and O–H groups in total. The lowest BCUT2D eigenvalue weighted by Gasteiger charge is -2.23. The molecule has 0 saturated heterocycles. The molecule has 3 aromatic carbocycles. The summed E-state index contributed by atoms with van der Waals surface area (Å²) in [7, 11) is 1.55. The molecule has 0 fully saturated rings. The van der Waals surface area contributed by atoms with Crippen LogP contribution < -0.4 is 10.2 Å². The van der Waals surface area contributed by atoms with Gasteiger partial charge >= 0.3 is 0 Å². The van der Waals surface area contributed by atoms with Crippen molar-refractivity contribution >= 4 is 41.0 Å². The van der Waals surface area contributed by atoms with Crippen molar-refractivity contribution in [2.75, 3.05) is 37.5 Å². The summed E-state index contributed by atoms with van der Waals surface area (Å²) in [4.78, 5) is 28.1. The van der Waals surface area contributed by atoms with Gasteiger partial charge in [-0.3, -0.25) is 14.5 Å². The highest BCUT2D eigenvalue weighted by molar-refractivity contribution is 8.00. The van der Waals surface area contributed by atoms with Gasteiger partial charge in [-0.25, -0.2) is 9.07 Å². The van der Waals surface area contributed by atoms with Crippen LogP contribution in [0.4, 0.5) is 10.2 Å². The number of nitrogens with zero attached hydrogens (tertiary/aromatic N) is 3. The molecule has 0 saturated carbocycles. The molecule has 4 aromatic rings. The van der Waals surface area contributed by atoms with Gasteiger partial charge in [0.1, 0.15) is 18.2 Å². The number of para-hydroxylation sites is 1. The number of fused-ring (bicyclic) bond motifs is 1. The monoisotopic (exact) mass is 564 g/mol. The summed E-state index contributed by atoms with van der Waals surface area (Å²) in [6.07, 6.45) is 0. The summed E-state index contributed by atoms with van der Waals surface area (Å²) in [6.45, 7) is 0.429. The Morgan fingerprint density at radius 2 is 1.90 bits per heavy atom. The van der Waals surface area contributed by atoms with Crippen molar-refractivity contribution in [1.82, 2.24) is 15.1 Å². The largest absolute Gasteiger partial charge is 0.383 e. The zero-order valence-corrected chi connectivity index (χ0v) is 22.7. The van der Waals surface area contributed by atoms with Crippen LogP contribution >= 0.6 is 23.4 Å². The van der Waals surface area contributed by atoms with Crippen molar-refractivity contribution < 1.29 is 18.7 Å². The first kappa shape index (κ1) is 26.9. The van der Waals surface area contributed by atoms with Gasteiger partial charge in [0.2, 0.25) is 11.8 Å². The van der Waals surface area contributed by atoms with Crippen molar-refractivity contribution in [3.63, 3.8) is 0 Å². The lowest BCUT2D eigenvalue weighted by Crippen LogP contribution is -2.43. The second kappa shape index (κ2) is 12.0. The molecule has 0 bridgehead atoms. The zero-order chi connectivity index (χ0) is 27.4. The Morgan fingerprint density at radius 1 is 1.13 bits per heavy atom. The fourth-order valence-corrected chi connectivity index (χ4v) is 5.95. The fourth-order valence-electron chi connectivity index (χ4n) is 4.54. The topological polar surface area (TPSA) is 76.5 Å². The quantitative estimate of drug-likeness (QED) is 0.295. The number of methoxy groups -OCH3 is 1. The molecule has 1 unspecified atom stereocenters. The number of ether oxygens (including phenoxy) is 1. The zero-order valence-electron chi connectivity index (χ0n) is 21.1. The SMILES string of the molecule is COCCNC(=O)CN1C(=O)CSC(c2cccc(F)c2)c2c(-c3ccccc3)nn(-c3ccccc3Cl)c21. The molecule has 1 aromatic heterocycles. The third kappa shape index (κ3) is 5.71. The van der Waals surface area contributed by atoms with Gasteiger partial charge in [0.15, 0.2) is 0 Å². The van der Waals surface area contributed by atoms with E-state index < -0.39 is 5.25 Å². The van der Waals surface area contributed by atoms with Gasteiger partial charge in [0.25, 0.3) is 0 Å². The van der Waals surface area contributed by atoms with E-state index in [4.69, 9.17) is 21.4 Å². The lowest BCUT2D eigenvalue weighted by atomic mass is 9.99. The van der Waals surface area contributed by atoms with Crippen LogP contribution in [-0.4, -0.2) is 54.2 Å². The number of carbonyl (C=O) groups excluding carboxylic acids is 2. The molecule has 10 heteroatoms. The predicted molar refractivity (Wildman–Crippen MR) is 152 cm³/mol. The van der Waals surface area contributed by atoms with Crippen molar-refractivity contribution in [3.8, 4) is 16.9 Å². The summed E-state index contributed by atoms with van der Waals surface area (Å²) < 4.78 is 21.1. The van der Waals surface area contributed by atoms with Crippen LogP contribution in [0.15, 0.2) is 78.9 Å². The Balaban J connectivity index is 1.77. The summed E-state index contributed by atoms with van der Waals surface area (Å²) in [5, 5.41) is 7.76. The van der Waals surface area contributed by atoms with Crippen molar-refractivity contribution in [2.24, 2.45) is 0 Å². The number of nitrogens with one attached hydrogen (secondary N) is 1. The van der Waals surface area contributed by atoms with E-state index >= 15 is 0 Å². The highest BCUT2D eigenvalue weighted by atomic mass is 35.5. The standard InChI is InChI=1S/C29H26ClFN4O3S/c1-38-15-14-32-24(36)17-34-25(37)18-39-28(20-10-7-11-21(31)16-20)26-27(19-8-3-2-4-9-19)33-35(29(26)34)23-13-6-5-12-22(23)30/h2-13,16,28H,14-15,17-18H2,1H3,(H,32,36). The van der Waals surface area contributed by atoms with Gasteiger partial charge in [-0.05, 0) is 29.8 Å². The number of hydrogen-bond donors (Lipinski definition) is 1. The normalized spacial score (nSPS) is 15.1. The van der Waals surface area contributed by atoms with E-state index in [0.717, 1.165) is 5.56 Å². The van der Waals surface area contributed by atoms with Crippen molar-refractivity contribution in [3.05, 3.63) is 101 Å². The van der Waals surface area contributed by atoms with Gasteiger partial charge in [-0.2, -0.15) is 5.10 Å². The molecular weight excluding hydrogens is 539 g/mol. The average molecular weight is 565 g/mol. The van der Waals surface area contributed by atoms with Gasteiger partial charge in [-0.1, -0.05) is 66.2 Å². The molecule has 0 aliphatic carbocycles. The van der Waals surface area contributed by atoms with Crippen LogP contribution in [0.3, 0.4) is 0 Å². The third-order valence-electron chi connectivity index (χ3n) is 6.30. The van der Waals surface area contributed by atoms with E-state index in [1.165, 1.54) is 28.8 Å². The maximum Gasteiger partial charge on any atom is 0.240 e. The minimum atomic E-state index is -0.437. The molecule has 2 amide bonds. The molecule has 1 atom stereocenters. The predicted octanol–water partition coefficient (Wildman–Crippen LogP) is 5.26. The van der Waals surface area contributed by atoms with Crippen LogP contribution in [0.5, 0.6) is 0 Å². The Morgan fingerprint density at radius 3 is 2.64 bits per heavy atom. The van der Waals surface area contributed by atoms with Crippen LogP contribution in [0.25, 0.3) is 16.9 Å². The van der Waals surface area contributed by atoms with Crippen LogP contribution in [0, 0.1) is 5.82 Å². The molecule has 39 heavy (non-hydrogen) atoms. The summed E-state index contributed by atoms with van der Waals surface area (Å²) in [5.74, 6) is -0.478. The molecule has 1 aliphatic heterocycles. The number of benzene rings is 3. The first-order valence-electron chi connectivity index (χ1n) is 12.3. The molecule has 0 radical (unpaired) electrons. The molecule has 0 spiro atoms. The molecular formula is C29H26ClFN4O3S. The van der Waals surface area contributed by atoms with E-state index in [1.807, 2.05) is 48.5 Å². The minimum absolute atomic E-state index is 0.0813. The Bertz CT molecular complexity index is 1500. The average Bonchev–Trinajstić information content (AvgIpc) is 3.26. The Labute approximate surface area is 234 Å². The molecule has 5 rings (SSSR count). The van der Waals surface area contributed by atoms with Gasteiger partial charge < -0.3 is 10.1 Å². The van der Waals surface area contributed by atoms with Crippen LogP contribution in [-0.2, 0) is 14.3 Å². The molecule has 2 heterocycles. The van der Waals surface area contributed by atoms with Crippen molar-refractivity contribution in [1.29, 1.82) is 0 Å². The second-order valence-electron chi connectivity index (χ2n) is 8.88. The first-order chi connectivity index (χ1) is 19.0. The molecule has 7 nitrogen and oxygen atoms in total. The fraction of sp³-hybridized carbons (Fsp3) is 0.207. The van der Waals surface area contributed by atoms with E-state index in [9.17, 15) is 14.0 Å².